The van der Waals surface area contributed by atoms with Crippen molar-refractivity contribution < 1.29 is 5.11 Å². The third-order valence-electron chi connectivity index (χ3n) is 3.54. The van der Waals surface area contributed by atoms with Crippen LogP contribution in [0.4, 0.5) is 0 Å². The quantitative estimate of drug-likeness (QED) is 0.369. The first kappa shape index (κ1) is 18.5. The van der Waals surface area contributed by atoms with E-state index in [0.717, 1.165) is 31.0 Å². The molecule has 22 heavy (non-hydrogen) atoms. The van der Waals surface area contributed by atoms with Gasteiger partial charge in [-0.25, -0.2) is 4.99 Å². The van der Waals surface area contributed by atoms with E-state index in [1.165, 1.54) is 19.3 Å². The standard InChI is InChI=1S/C16H31N5O/c1-5-7-8-9-10-18-15(17-6-2)19-13-16(3,22)14-11-20-21(4)12-14/h11-12,22H,5-10,13H2,1-4H3,(H2,17,18,19). The van der Waals surface area contributed by atoms with Crippen LogP contribution in [0.5, 0.6) is 0 Å². The summed E-state index contributed by atoms with van der Waals surface area (Å²) >= 11 is 0. The Labute approximate surface area is 134 Å². The summed E-state index contributed by atoms with van der Waals surface area (Å²) in [5, 5.41) is 21.2. The van der Waals surface area contributed by atoms with Crippen LogP contribution < -0.4 is 10.6 Å². The molecule has 0 spiro atoms. The van der Waals surface area contributed by atoms with Gasteiger partial charge in [-0.1, -0.05) is 26.2 Å². The van der Waals surface area contributed by atoms with E-state index >= 15 is 0 Å². The molecule has 0 radical (unpaired) electrons. The third-order valence-corrected chi connectivity index (χ3v) is 3.54. The van der Waals surface area contributed by atoms with Crippen molar-refractivity contribution >= 4 is 5.96 Å². The van der Waals surface area contributed by atoms with E-state index in [-0.39, 0.29) is 0 Å². The maximum absolute atomic E-state index is 10.5. The number of aromatic nitrogens is 2. The number of rotatable bonds is 9. The summed E-state index contributed by atoms with van der Waals surface area (Å²) in [7, 11) is 1.84. The van der Waals surface area contributed by atoms with Crippen LogP contribution in [0.2, 0.25) is 0 Å². The van der Waals surface area contributed by atoms with Gasteiger partial charge in [0, 0.05) is 31.9 Å². The summed E-state index contributed by atoms with van der Waals surface area (Å²) in [5.74, 6) is 0.753. The Morgan fingerprint density at radius 3 is 2.68 bits per heavy atom. The van der Waals surface area contributed by atoms with Gasteiger partial charge in [-0.15, -0.1) is 0 Å². The van der Waals surface area contributed by atoms with Crippen molar-refractivity contribution in [1.29, 1.82) is 0 Å². The number of nitrogens with zero attached hydrogens (tertiary/aromatic N) is 3. The second-order valence-corrected chi connectivity index (χ2v) is 5.86. The Balaban J connectivity index is 2.53. The minimum absolute atomic E-state index is 0.295. The fraction of sp³-hybridized carbons (Fsp3) is 0.750. The van der Waals surface area contributed by atoms with Crippen LogP contribution in [0.1, 0.15) is 52.0 Å². The molecule has 0 aliphatic carbocycles. The molecule has 1 rings (SSSR count). The lowest BCUT2D eigenvalue weighted by atomic mass is 10.0. The van der Waals surface area contributed by atoms with Crippen molar-refractivity contribution in [2.24, 2.45) is 12.0 Å². The Kier molecular flexibility index (Phi) is 7.95. The summed E-state index contributed by atoms with van der Waals surface area (Å²) < 4.78 is 1.69. The molecule has 0 aliphatic heterocycles. The normalized spacial score (nSPS) is 14.7. The second-order valence-electron chi connectivity index (χ2n) is 5.86. The van der Waals surface area contributed by atoms with Crippen molar-refractivity contribution in [2.45, 2.75) is 52.1 Å². The highest BCUT2D eigenvalue weighted by atomic mass is 16.3. The van der Waals surface area contributed by atoms with E-state index in [0.29, 0.717) is 6.54 Å². The molecule has 0 amide bonds. The highest BCUT2D eigenvalue weighted by molar-refractivity contribution is 5.79. The van der Waals surface area contributed by atoms with Crippen molar-refractivity contribution in [3.63, 3.8) is 0 Å². The lowest BCUT2D eigenvalue weighted by Gasteiger charge is -2.20. The van der Waals surface area contributed by atoms with Gasteiger partial charge in [0.25, 0.3) is 0 Å². The number of aliphatic hydroxyl groups is 1. The maximum atomic E-state index is 10.5. The Hall–Kier alpha value is -1.56. The minimum atomic E-state index is -1.02. The number of aliphatic imine (C=N–C) groups is 1. The number of hydrogen-bond acceptors (Lipinski definition) is 3. The van der Waals surface area contributed by atoms with Gasteiger partial charge in [-0.3, -0.25) is 4.68 Å². The summed E-state index contributed by atoms with van der Waals surface area (Å²) in [6.07, 6.45) is 8.38. The van der Waals surface area contributed by atoms with Crippen molar-refractivity contribution in [3.05, 3.63) is 18.0 Å². The largest absolute Gasteiger partial charge is 0.383 e. The molecule has 0 saturated heterocycles. The molecule has 1 heterocycles. The van der Waals surface area contributed by atoms with Crippen molar-refractivity contribution in [2.75, 3.05) is 19.6 Å². The van der Waals surface area contributed by atoms with Crippen molar-refractivity contribution in [1.82, 2.24) is 20.4 Å². The van der Waals surface area contributed by atoms with Crippen molar-refractivity contribution in [3.8, 4) is 0 Å². The first-order chi connectivity index (χ1) is 10.5. The van der Waals surface area contributed by atoms with Crippen LogP contribution in [0.3, 0.4) is 0 Å². The third kappa shape index (κ3) is 6.47. The molecular weight excluding hydrogens is 278 g/mol. The molecule has 1 unspecified atom stereocenters. The van der Waals surface area contributed by atoms with Crippen LogP contribution in [0, 0.1) is 0 Å². The van der Waals surface area contributed by atoms with E-state index in [9.17, 15) is 5.11 Å². The van der Waals surface area contributed by atoms with Crippen LogP contribution in [-0.4, -0.2) is 40.5 Å². The van der Waals surface area contributed by atoms with Crippen LogP contribution in [0.15, 0.2) is 17.4 Å². The van der Waals surface area contributed by atoms with Gasteiger partial charge in [0.15, 0.2) is 5.96 Å². The lowest BCUT2D eigenvalue weighted by Crippen LogP contribution is -2.39. The number of unbranched alkanes of at least 4 members (excludes halogenated alkanes) is 3. The molecule has 3 N–H and O–H groups in total. The molecule has 0 fully saturated rings. The van der Waals surface area contributed by atoms with E-state index in [1.54, 1.807) is 17.8 Å². The Morgan fingerprint density at radius 1 is 1.32 bits per heavy atom. The first-order valence-corrected chi connectivity index (χ1v) is 8.23. The smallest absolute Gasteiger partial charge is 0.191 e. The fourth-order valence-electron chi connectivity index (χ4n) is 2.12. The minimum Gasteiger partial charge on any atom is -0.383 e. The lowest BCUT2D eigenvalue weighted by molar-refractivity contribution is 0.0672. The predicted octanol–water partition coefficient (Wildman–Crippen LogP) is 1.76. The molecule has 0 aromatic carbocycles. The van der Waals surface area contributed by atoms with E-state index in [1.807, 2.05) is 20.2 Å². The topological polar surface area (TPSA) is 74.5 Å². The fourth-order valence-corrected chi connectivity index (χ4v) is 2.12. The van der Waals surface area contributed by atoms with Crippen LogP contribution in [-0.2, 0) is 12.6 Å². The second kappa shape index (κ2) is 9.46. The number of nitrogens with one attached hydrogen (secondary N) is 2. The highest BCUT2D eigenvalue weighted by Crippen LogP contribution is 2.19. The average molecular weight is 309 g/mol. The average Bonchev–Trinajstić information content (AvgIpc) is 2.92. The molecule has 6 heteroatoms. The van der Waals surface area contributed by atoms with Gasteiger partial charge >= 0.3 is 0 Å². The Bertz CT molecular complexity index is 453. The predicted molar refractivity (Wildman–Crippen MR) is 90.9 cm³/mol. The zero-order chi connectivity index (χ0) is 16.4. The van der Waals surface area contributed by atoms with E-state index in [2.05, 4.69) is 27.6 Å². The molecule has 0 aliphatic rings. The van der Waals surface area contributed by atoms with Gasteiger partial charge in [-0.2, -0.15) is 5.10 Å². The van der Waals surface area contributed by atoms with Gasteiger partial charge in [0.2, 0.25) is 0 Å². The number of aryl methyl sites for hydroxylation is 1. The zero-order valence-electron chi connectivity index (χ0n) is 14.4. The van der Waals surface area contributed by atoms with Gasteiger partial charge in [0.1, 0.15) is 5.60 Å². The first-order valence-electron chi connectivity index (χ1n) is 8.23. The molecular formula is C16H31N5O. The highest BCUT2D eigenvalue weighted by Gasteiger charge is 2.24. The maximum Gasteiger partial charge on any atom is 0.191 e. The molecule has 0 bridgehead atoms. The summed E-state index contributed by atoms with van der Waals surface area (Å²) in [6, 6.07) is 0. The van der Waals surface area contributed by atoms with Gasteiger partial charge in [-0.05, 0) is 20.3 Å². The summed E-state index contributed by atoms with van der Waals surface area (Å²) in [6.45, 7) is 8.00. The monoisotopic (exact) mass is 309 g/mol. The molecule has 1 aromatic rings. The van der Waals surface area contributed by atoms with E-state index < -0.39 is 5.60 Å². The summed E-state index contributed by atoms with van der Waals surface area (Å²) in [5.41, 5.74) is -0.240. The zero-order valence-corrected chi connectivity index (χ0v) is 14.4. The Morgan fingerprint density at radius 2 is 2.09 bits per heavy atom. The number of guanidine groups is 1. The van der Waals surface area contributed by atoms with E-state index in [4.69, 9.17) is 0 Å². The van der Waals surface area contributed by atoms with Crippen LogP contribution >= 0.6 is 0 Å². The molecule has 0 saturated carbocycles. The molecule has 6 nitrogen and oxygen atoms in total. The molecule has 1 atom stereocenters. The molecule has 1 aromatic heterocycles. The van der Waals surface area contributed by atoms with Crippen LogP contribution in [0.25, 0.3) is 0 Å². The number of hydrogen-bond donors (Lipinski definition) is 3. The SMILES string of the molecule is CCCCCCNC(=NCC(C)(O)c1cnn(C)c1)NCC. The van der Waals surface area contributed by atoms with Gasteiger partial charge < -0.3 is 15.7 Å². The molecule has 126 valence electrons. The summed E-state index contributed by atoms with van der Waals surface area (Å²) in [4.78, 5) is 4.50. The van der Waals surface area contributed by atoms with Gasteiger partial charge in [0.05, 0.1) is 12.7 Å².